The molecule has 7 nitrogen and oxygen atoms in total. The van der Waals surface area contributed by atoms with Crippen molar-refractivity contribution in [3.05, 3.63) is 36.5 Å². The number of rotatable bonds is 15. The standard InChI is InChI=1S/C23H37NO6S/c1-3-4-5-6-8-11-14-19-17-18-21(25)20(19)15-12-9-7-10-13-16-22(26)30-23(27)24-31(2,28)29/h9,11-12,14,17-20,22,26H,3-8,10,13,15-16H2,1-2H3,(H,24,27)/t19-,20+,22?/m0/s1. The smallest absolute Gasteiger partial charge is 0.419 e. The number of allylic oxidation sites excluding steroid dienone is 6. The van der Waals surface area contributed by atoms with Gasteiger partial charge < -0.3 is 9.84 Å². The lowest BCUT2D eigenvalue weighted by atomic mass is 9.90. The van der Waals surface area contributed by atoms with Crippen LogP contribution in [-0.4, -0.2) is 37.9 Å². The largest absolute Gasteiger partial charge is 0.423 e. The maximum absolute atomic E-state index is 12.1. The summed E-state index contributed by atoms with van der Waals surface area (Å²) < 4.78 is 28.0. The number of carbonyl (C=O) groups excluding carboxylic acids is 2. The Labute approximate surface area is 186 Å². The Morgan fingerprint density at radius 2 is 1.87 bits per heavy atom. The molecule has 1 amide bonds. The van der Waals surface area contributed by atoms with E-state index in [0.717, 1.165) is 25.5 Å². The molecule has 0 aliphatic heterocycles. The number of ether oxygens (including phenoxy) is 1. The summed E-state index contributed by atoms with van der Waals surface area (Å²) in [5, 5.41) is 9.61. The molecule has 0 fully saturated rings. The van der Waals surface area contributed by atoms with Crippen molar-refractivity contribution in [3.8, 4) is 0 Å². The number of hydrogen-bond acceptors (Lipinski definition) is 6. The quantitative estimate of drug-likeness (QED) is 0.215. The van der Waals surface area contributed by atoms with Gasteiger partial charge in [0.25, 0.3) is 0 Å². The highest BCUT2D eigenvalue weighted by molar-refractivity contribution is 7.89. The molecule has 31 heavy (non-hydrogen) atoms. The molecule has 0 saturated carbocycles. The van der Waals surface area contributed by atoms with E-state index in [1.54, 1.807) is 10.8 Å². The Hall–Kier alpha value is -1.93. The van der Waals surface area contributed by atoms with Crippen LogP contribution < -0.4 is 4.72 Å². The van der Waals surface area contributed by atoms with Crippen LogP contribution in [0.3, 0.4) is 0 Å². The predicted octanol–water partition coefficient (Wildman–Crippen LogP) is 4.40. The van der Waals surface area contributed by atoms with Gasteiger partial charge >= 0.3 is 6.09 Å². The number of carbonyl (C=O) groups is 2. The molecule has 0 radical (unpaired) electrons. The summed E-state index contributed by atoms with van der Waals surface area (Å²) >= 11 is 0. The van der Waals surface area contributed by atoms with E-state index in [1.807, 2.05) is 18.2 Å². The summed E-state index contributed by atoms with van der Waals surface area (Å²) in [6.07, 6.45) is 19.5. The minimum Gasteiger partial charge on any atom is -0.419 e. The Morgan fingerprint density at radius 3 is 2.58 bits per heavy atom. The van der Waals surface area contributed by atoms with Gasteiger partial charge in [-0.15, -0.1) is 0 Å². The van der Waals surface area contributed by atoms with E-state index in [1.165, 1.54) is 25.7 Å². The number of unbranched alkanes of at least 4 members (excludes halogenated alkanes) is 6. The fourth-order valence-corrected chi connectivity index (χ4v) is 3.72. The first-order chi connectivity index (χ1) is 14.7. The Kier molecular flexibility index (Phi) is 13.1. The number of aliphatic hydroxyl groups excluding tert-OH is 1. The highest BCUT2D eigenvalue weighted by atomic mass is 32.2. The Balaban J connectivity index is 2.21. The van der Waals surface area contributed by atoms with Gasteiger partial charge in [-0.25, -0.2) is 17.9 Å². The monoisotopic (exact) mass is 455 g/mol. The number of hydrogen-bond donors (Lipinski definition) is 2. The number of sulfonamides is 1. The summed E-state index contributed by atoms with van der Waals surface area (Å²) in [5.41, 5.74) is 0. The average Bonchev–Trinajstić information content (AvgIpc) is 3.02. The third-order valence-electron chi connectivity index (χ3n) is 5.04. The molecule has 3 atom stereocenters. The summed E-state index contributed by atoms with van der Waals surface area (Å²) in [4.78, 5) is 23.3. The Bertz CT molecular complexity index is 741. The minimum absolute atomic E-state index is 0.0216. The van der Waals surface area contributed by atoms with Crippen LogP contribution in [0, 0.1) is 11.8 Å². The van der Waals surface area contributed by atoms with Crippen molar-refractivity contribution in [3.63, 3.8) is 0 Å². The van der Waals surface area contributed by atoms with Gasteiger partial charge in [-0.05, 0) is 44.6 Å². The van der Waals surface area contributed by atoms with Gasteiger partial charge in [0.15, 0.2) is 5.78 Å². The number of ketones is 1. The molecule has 0 aromatic carbocycles. The van der Waals surface area contributed by atoms with E-state index < -0.39 is 22.4 Å². The second kappa shape index (κ2) is 15.0. The van der Waals surface area contributed by atoms with Crippen molar-refractivity contribution in [2.75, 3.05) is 6.26 Å². The van der Waals surface area contributed by atoms with E-state index in [2.05, 4.69) is 23.8 Å². The van der Waals surface area contributed by atoms with E-state index >= 15 is 0 Å². The van der Waals surface area contributed by atoms with Gasteiger partial charge in [0, 0.05) is 18.3 Å². The first-order valence-electron chi connectivity index (χ1n) is 11.1. The molecule has 0 saturated heterocycles. The first-order valence-corrected chi connectivity index (χ1v) is 13.0. The van der Waals surface area contributed by atoms with Crippen molar-refractivity contribution in [2.45, 2.75) is 77.4 Å². The van der Waals surface area contributed by atoms with Gasteiger partial charge in [-0.3, -0.25) is 4.79 Å². The van der Waals surface area contributed by atoms with Crippen LogP contribution >= 0.6 is 0 Å². The molecule has 176 valence electrons. The molecular formula is C23H37NO6S. The maximum Gasteiger partial charge on any atom is 0.423 e. The van der Waals surface area contributed by atoms with E-state index in [4.69, 9.17) is 0 Å². The zero-order chi connectivity index (χ0) is 23.1. The SMILES string of the molecule is CCCCCCC=C[C@H]1C=CC(=O)[C@@H]1CC=CCCCCC(O)OC(=O)NS(C)(=O)=O. The molecule has 8 heteroatoms. The molecule has 1 rings (SSSR count). The predicted molar refractivity (Wildman–Crippen MR) is 122 cm³/mol. The molecular weight excluding hydrogens is 418 g/mol. The third kappa shape index (κ3) is 13.2. The van der Waals surface area contributed by atoms with Crippen LogP contribution in [0.4, 0.5) is 4.79 Å². The van der Waals surface area contributed by atoms with Crippen LogP contribution in [0.1, 0.15) is 71.1 Å². The fourth-order valence-electron chi connectivity index (χ4n) is 3.37. The number of aliphatic hydroxyl groups is 1. The highest BCUT2D eigenvalue weighted by Crippen LogP contribution is 2.27. The summed E-state index contributed by atoms with van der Waals surface area (Å²) in [6, 6.07) is 0. The van der Waals surface area contributed by atoms with Crippen molar-refractivity contribution in [2.24, 2.45) is 11.8 Å². The lowest BCUT2D eigenvalue weighted by Crippen LogP contribution is -2.33. The van der Waals surface area contributed by atoms with Gasteiger partial charge in [-0.1, -0.05) is 56.6 Å². The van der Waals surface area contributed by atoms with Crippen molar-refractivity contribution in [1.82, 2.24) is 4.72 Å². The van der Waals surface area contributed by atoms with Crippen LogP contribution in [0.25, 0.3) is 0 Å². The Morgan fingerprint density at radius 1 is 1.16 bits per heavy atom. The molecule has 1 aliphatic carbocycles. The summed E-state index contributed by atoms with van der Waals surface area (Å²) in [6.45, 7) is 2.20. The molecule has 2 N–H and O–H groups in total. The van der Waals surface area contributed by atoms with E-state index in [-0.39, 0.29) is 24.0 Å². The van der Waals surface area contributed by atoms with Crippen LogP contribution in [-0.2, 0) is 19.6 Å². The normalized spacial score (nSPS) is 20.0. The van der Waals surface area contributed by atoms with Crippen molar-refractivity contribution in [1.29, 1.82) is 0 Å². The molecule has 0 spiro atoms. The van der Waals surface area contributed by atoms with Crippen molar-refractivity contribution >= 4 is 21.9 Å². The lowest BCUT2D eigenvalue weighted by molar-refractivity contribution is -0.117. The van der Waals surface area contributed by atoms with E-state index in [9.17, 15) is 23.1 Å². The topological polar surface area (TPSA) is 110 Å². The van der Waals surface area contributed by atoms with Gasteiger partial charge in [0.1, 0.15) is 0 Å². The summed E-state index contributed by atoms with van der Waals surface area (Å²) in [7, 11) is -3.71. The lowest BCUT2D eigenvalue weighted by Gasteiger charge is -2.12. The molecule has 0 aromatic heterocycles. The second-order valence-electron chi connectivity index (χ2n) is 7.95. The number of amides is 1. The molecule has 0 aromatic rings. The molecule has 1 unspecified atom stereocenters. The molecule has 1 aliphatic rings. The van der Waals surface area contributed by atoms with Crippen LogP contribution in [0.15, 0.2) is 36.5 Å². The zero-order valence-electron chi connectivity index (χ0n) is 18.7. The fraction of sp³-hybridized carbons (Fsp3) is 0.652. The van der Waals surface area contributed by atoms with Crippen molar-refractivity contribution < 1.29 is 27.9 Å². The zero-order valence-corrected chi connectivity index (χ0v) is 19.5. The highest BCUT2D eigenvalue weighted by Gasteiger charge is 2.26. The second-order valence-corrected chi connectivity index (χ2v) is 9.70. The van der Waals surface area contributed by atoms with Crippen LogP contribution in [0.2, 0.25) is 0 Å². The van der Waals surface area contributed by atoms with Gasteiger partial charge in [0.05, 0.1) is 6.26 Å². The average molecular weight is 456 g/mol. The van der Waals surface area contributed by atoms with Gasteiger partial charge in [-0.2, -0.15) is 0 Å². The van der Waals surface area contributed by atoms with Gasteiger partial charge in [0.2, 0.25) is 16.3 Å². The minimum atomic E-state index is -3.71. The first kappa shape index (κ1) is 27.1. The van der Waals surface area contributed by atoms with Crippen LogP contribution in [0.5, 0.6) is 0 Å². The molecule has 0 bridgehead atoms. The summed E-state index contributed by atoms with van der Waals surface area (Å²) in [5.74, 6) is 0.332. The third-order valence-corrected chi connectivity index (χ3v) is 5.57. The molecule has 0 heterocycles. The number of nitrogens with one attached hydrogen (secondary N) is 1. The van der Waals surface area contributed by atoms with E-state index in [0.29, 0.717) is 12.8 Å². The maximum atomic E-state index is 12.1.